The third kappa shape index (κ3) is 2.11. The van der Waals surface area contributed by atoms with Crippen molar-refractivity contribution < 1.29 is 17.6 Å². The molecule has 0 amide bonds. The van der Waals surface area contributed by atoms with Crippen LogP contribution in [0.15, 0.2) is 23.3 Å². The molecule has 0 heterocycles. The molecule has 0 aromatic carbocycles. The van der Waals surface area contributed by atoms with Crippen molar-refractivity contribution in [2.45, 2.75) is 26.2 Å². The highest BCUT2D eigenvalue weighted by Gasteiger charge is 2.37. The zero-order valence-electron chi connectivity index (χ0n) is 7.32. The van der Waals surface area contributed by atoms with Gasteiger partial charge in [0, 0.05) is 5.92 Å². The summed E-state index contributed by atoms with van der Waals surface area (Å²) in [6.07, 6.45) is -3.70. The maximum absolute atomic E-state index is 12.9. The smallest absolute Gasteiger partial charge is 0.242 e. The van der Waals surface area contributed by atoms with Gasteiger partial charge in [0.25, 0.3) is 0 Å². The standard InChI is InChI=1S/C9H10F4/c1-5-4-8(10)6(2)3-7(5)9(11,12)13/h3-4,6,8H,1-2H3. The van der Waals surface area contributed by atoms with Crippen LogP contribution in [0.3, 0.4) is 0 Å². The largest absolute Gasteiger partial charge is 0.416 e. The molecular formula is C9H10F4. The molecule has 0 fully saturated rings. The van der Waals surface area contributed by atoms with E-state index >= 15 is 0 Å². The van der Waals surface area contributed by atoms with Gasteiger partial charge in [-0.2, -0.15) is 13.2 Å². The van der Waals surface area contributed by atoms with E-state index < -0.39 is 23.8 Å². The van der Waals surface area contributed by atoms with Gasteiger partial charge in [-0.05, 0) is 18.6 Å². The molecule has 0 bridgehead atoms. The maximum Gasteiger partial charge on any atom is 0.416 e. The number of hydrogen-bond acceptors (Lipinski definition) is 0. The number of alkyl halides is 4. The summed E-state index contributed by atoms with van der Waals surface area (Å²) in [6, 6.07) is 0. The highest BCUT2D eigenvalue weighted by molar-refractivity contribution is 5.38. The van der Waals surface area contributed by atoms with E-state index in [1.807, 2.05) is 0 Å². The summed E-state index contributed by atoms with van der Waals surface area (Å²) in [5.41, 5.74) is -0.744. The van der Waals surface area contributed by atoms with Crippen LogP contribution in [-0.2, 0) is 0 Å². The minimum Gasteiger partial charge on any atom is -0.242 e. The summed E-state index contributed by atoms with van der Waals surface area (Å²) in [5, 5.41) is 0. The van der Waals surface area contributed by atoms with Gasteiger partial charge in [-0.25, -0.2) is 4.39 Å². The normalized spacial score (nSPS) is 29.7. The molecule has 1 aliphatic rings. The first-order chi connectivity index (χ1) is 5.82. The molecule has 0 radical (unpaired) electrons. The lowest BCUT2D eigenvalue weighted by molar-refractivity contribution is -0.0902. The molecular weight excluding hydrogens is 184 g/mol. The highest BCUT2D eigenvalue weighted by Crippen LogP contribution is 2.36. The van der Waals surface area contributed by atoms with Gasteiger partial charge in [0.2, 0.25) is 0 Å². The van der Waals surface area contributed by atoms with Gasteiger partial charge in [0.1, 0.15) is 6.17 Å². The van der Waals surface area contributed by atoms with Crippen LogP contribution in [0, 0.1) is 5.92 Å². The Bertz CT molecular complexity index is 259. The minimum atomic E-state index is -4.37. The summed E-state index contributed by atoms with van der Waals surface area (Å²) in [6.45, 7) is 2.71. The predicted octanol–water partition coefficient (Wildman–Crippen LogP) is 3.41. The van der Waals surface area contributed by atoms with Gasteiger partial charge in [0.15, 0.2) is 0 Å². The third-order valence-electron chi connectivity index (χ3n) is 2.07. The zero-order chi connectivity index (χ0) is 10.2. The second-order valence-corrected chi connectivity index (χ2v) is 3.23. The first-order valence-electron chi connectivity index (χ1n) is 3.94. The molecule has 0 aromatic heterocycles. The Labute approximate surface area is 73.9 Å². The summed E-state index contributed by atoms with van der Waals surface area (Å²) >= 11 is 0. The molecule has 0 aliphatic heterocycles. The van der Waals surface area contributed by atoms with Crippen LogP contribution in [0.4, 0.5) is 17.6 Å². The predicted molar refractivity (Wildman–Crippen MR) is 42.0 cm³/mol. The lowest BCUT2D eigenvalue weighted by Gasteiger charge is -2.21. The lowest BCUT2D eigenvalue weighted by Crippen LogP contribution is -2.21. The Morgan fingerprint density at radius 2 is 1.77 bits per heavy atom. The third-order valence-corrected chi connectivity index (χ3v) is 2.07. The Morgan fingerprint density at radius 3 is 2.23 bits per heavy atom. The van der Waals surface area contributed by atoms with Crippen LogP contribution in [0.25, 0.3) is 0 Å². The average Bonchev–Trinajstić information content (AvgIpc) is 1.94. The van der Waals surface area contributed by atoms with Crippen molar-refractivity contribution in [1.29, 1.82) is 0 Å². The Kier molecular flexibility index (Phi) is 2.50. The Hall–Kier alpha value is -0.800. The molecule has 2 unspecified atom stereocenters. The van der Waals surface area contributed by atoms with Crippen molar-refractivity contribution in [3.63, 3.8) is 0 Å². The van der Waals surface area contributed by atoms with E-state index in [0.29, 0.717) is 0 Å². The molecule has 0 saturated carbocycles. The van der Waals surface area contributed by atoms with Crippen molar-refractivity contribution in [3.05, 3.63) is 23.3 Å². The van der Waals surface area contributed by atoms with Crippen LogP contribution < -0.4 is 0 Å². The first kappa shape index (κ1) is 10.3. The van der Waals surface area contributed by atoms with Gasteiger partial charge < -0.3 is 0 Å². The van der Waals surface area contributed by atoms with Gasteiger partial charge in [-0.1, -0.05) is 13.0 Å². The maximum atomic E-state index is 12.9. The Balaban J connectivity index is 3.00. The highest BCUT2D eigenvalue weighted by atomic mass is 19.4. The molecule has 0 nitrogen and oxygen atoms in total. The average molecular weight is 194 g/mol. The van der Waals surface area contributed by atoms with E-state index in [1.165, 1.54) is 13.8 Å². The van der Waals surface area contributed by atoms with E-state index in [9.17, 15) is 17.6 Å². The zero-order valence-corrected chi connectivity index (χ0v) is 7.32. The second-order valence-electron chi connectivity index (χ2n) is 3.23. The van der Waals surface area contributed by atoms with Gasteiger partial charge in [0.05, 0.1) is 5.57 Å². The fraction of sp³-hybridized carbons (Fsp3) is 0.556. The number of hydrogen-bond donors (Lipinski definition) is 0. The van der Waals surface area contributed by atoms with Crippen LogP contribution in [0.2, 0.25) is 0 Å². The SMILES string of the molecule is CC1=CC(F)C(C)C=C1C(F)(F)F. The van der Waals surface area contributed by atoms with E-state index in [4.69, 9.17) is 0 Å². The van der Waals surface area contributed by atoms with Crippen molar-refractivity contribution in [1.82, 2.24) is 0 Å². The van der Waals surface area contributed by atoms with Crippen molar-refractivity contribution in [2.24, 2.45) is 5.92 Å². The summed E-state index contributed by atoms with van der Waals surface area (Å²) < 4.78 is 49.7. The molecule has 0 spiro atoms. The monoisotopic (exact) mass is 194 g/mol. The van der Waals surface area contributed by atoms with Crippen LogP contribution >= 0.6 is 0 Å². The van der Waals surface area contributed by atoms with Crippen LogP contribution in [0.5, 0.6) is 0 Å². The molecule has 13 heavy (non-hydrogen) atoms. The molecule has 1 aliphatic carbocycles. The number of halogens is 4. The summed E-state index contributed by atoms with van der Waals surface area (Å²) in [5.74, 6) is -0.694. The van der Waals surface area contributed by atoms with Crippen LogP contribution in [0.1, 0.15) is 13.8 Å². The molecule has 1 rings (SSSR count). The summed E-state index contributed by atoms with van der Waals surface area (Å²) in [7, 11) is 0. The molecule has 2 atom stereocenters. The van der Waals surface area contributed by atoms with Crippen molar-refractivity contribution >= 4 is 0 Å². The lowest BCUT2D eigenvalue weighted by atomic mass is 9.91. The molecule has 0 N–H and O–H groups in total. The second kappa shape index (κ2) is 3.16. The van der Waals surface area contributed by atoms with Gasteiger partial charge in [-0.3, -0.25) is 0 Å². The fourth-order valence-corrected chi connectivity index (χ4v) is 1.28. The van der Waals surface area contributed by atoms with Gasteiger partial charge >= 0.3 is 6.18 Å². The molecule has 4 heteroatoms. The molecule has 0 aromatic rings. The number of allylic oxidation sites excluding steroid dienone is 4. The number of rotatable bonds is 0. The van der Waals surface area contributed by atoms with Gasteiger partial charge in [-0.15, -0.1) is 0 Å². The van der Waals surface area contributed by atoms with Crippen molar-refractivity contribution in [3.8, 4) is 0 Å². The van der Waals surface area contributed by atoms with E-state index in [1.54, 1.807) is 0 Å². The molecule has 74 valence electrons. The fourth-order valence-electron chi connectivity index (χ4n) is 1.28. The van der Waals surface area contributed by atoms with E-state index in [0.717, 1.165) is 12.2 Å². The summed E-state index contributed by atoms with van der Waals surface area (Å²) in [4.78, 5) is 0. The van der Waals surface area contributed by atoms with E-state index in [2.05, 4.69) is 0 Å². The Morgan fingerprint density at radius 1 is 1.23 bits per heavy atom. The molecule has 0 saturated heterocycles. The first-order valence-corrected chi connectivity index (χ1v) is 3.94. The van der Waals surface area contributed by atoms with Crippen molar-refractivity contribution in [2.75, 3.05) is 0 Å². The van der Waals surface area contributed by atoms with E-state index in [-0.39, 0.29) is 5.57 Å². The minimum absolute atomic E-state index is 0.0295. The quantitative estimate of drug-likeness (QED) is 0.518. The van der Waals surface area contributed by atoms with Crippen LogP contribution in [-0.4, -0.2) is 12.3 Å². The topological polar surface area (TPSA) is 0 Å².